The molecule has 0 bridgehead atoms. The number of piperidine rings is 1. The summed E-state index contributed by atoms with van der Waals surface area (Å²) >= 11 is 0. The highest BCUT2D eigenvalue weighted by atomic mass is 32.2. The zero-order valence-corrected chi connectivity index (χ0v) is 14.1. The second-order valence-electron chi connectivity index (χ2n) is 5.79. The highest BCUT2D eigenvalue weighted by Gasteiger charge is 2.40. The van der Waals surface area contributed by atoms with Gasteiger partial charge in [-0.25, -0.2) is 12.8 Å². The lowest BCUT2D eigenvalue weighted by Gasteiger charge is -2.31. The third kappa shape index (κ3) is 4.25. The quantitative estimate of drug-likeness (QED) is 0.813. The maximum absolute atomic E-state index is 13.2. The summed E-state index contributed by atoms with van der Waals surface area (Å²) in [4.78, 5) is -0.887. The van der Waals surface area contributed by atoms with Crippen molar-refractivity contribution in [1.29, 1.82) is 0 Å². The van der Waals surface area contributed by atoms with Gasteiger partial charge in [-0.15, -0.1) is 0 Å². The number of halogens is 4. The predicted molar refractivity (Wildman–Crippen MR) is 81.4 cm³/mol. The van der Waals surface area contributed by atoms with Crippen molar-refractivity contribution >= 4 is 10.0 Å². The molecule has 1 saturated heterocycles. The summed E-state index contributed by atoms with van der Waals surface area (Å²) in [5, 5.41) is 3.18. The SMILES string of the molecule is CCNCC1CCN(S(=O)(=O)c2ccc(F)cc2C(F)(F)F)CC1. The van der Waals surface area contributed by atoms with Crippen LogP contribution in [0.4, 0.5) is 17.6 Å². The first-order chi connectivity index (χ1) is 11.2. The molecule has 1 fully saturated rings. The molecule has 1 aromatic carbocycles. The van der Waals surface area contributed by atoms with E-state index < -0.39 is 32.5 Å². The maximum atomic E-state index is 13.2. The van der Waals surface area contributed by atoms with Crippen LogP contribution in [0.2, 0.25) is 0 Å². The lowest BCUT2D eigenvalue weighted by molar-refractivity contribution is -0.140. The molecule has 0 saturated carbocycles. The van der Waals surface area contributed by atoms with Crippen LogP contribution < -0.4 is 5.32 Å². The number of rotatable bonds is 5. The zero-order chi connectivity index (χ0) is 18.0. The van der Waals surface area contributed by atoms with Crippen molar-refractivity contribution in [3.05, 3.63) is 29.6 Å². The fourth-order valence-electron chi connectivity index (χ4n) is 2.79. The average molecular weight is 368 g/mol. The first-order valence-corrected chi connectivity index (χ1v) is 9.18. The number of nitrogens with one attached hydrogen (secondary N) is 1. The van der Waals surface area contributed by atoms with Gasteiger partial charge < -0.3 is 5.32 Å². The molecule has 24 heavy (non-hydrogen) atoms. The van der Waals surface area contributed by atoms with Gasteiger partial charge in [0.2, 0.25) is 10.0 Å². The average Bonchev–Trinajstić information content (AvgIpc) is 2.52. The van der Waals surface area contributed by atoms with E-state index in [-0.39, 0.29) is 19.2 Å². The molecule has 1 aliphatic rings. The molecule has 136 valence electrons. The molecule has 0 atom stereocenters. The van der Waals surface area contributed by atoms with Crippen molar-refractivity contribution in [1.82, 2.24) is 9.62 Å². The van der Waals surface area contributed by atoms with E-state index in [4.69, 9.17) is 0 Å². The summed E-state index contributed by atoms with van der Waals surface area (Å²) in [5.74, 6) is -0.822. The number of hydrogen-bond donors (Lipinski definition) is 1. The molecule has 0 radical (unpaired) electrons. The van der Waals surface area contributed by atoms with E-state index in [9.17, 15) is 26.0 Å². The maximum Gasteiger partial charge on any atom is 0.417 e. The lowest BCUT2D eigenvalue weighted by Crippen LogP contribution is -2.41. The van der Waals surface area contributed by atoms with E-state index in [1.165, 1.54) is 0 Å². The fraction of sp³-hybridized carbons (Fsp3) is 0.600. The lowest BCUT2D eigenvalue weighted by atomic mass is 9.98. The molecule has 1 aromatic rings. The van der Waals surface area contributed by atoms with E-state index >= 15 is 0 Å². The Hall–Kier alpha value is -1.19. The van der Waals surface area contributed by atoms with Gasteiger partial charge in [0.1, 0.15) is 5.82 Å². The smallest absolute Gasteiger partial charge is 0.317 e. The van der Waals surface area contributed by atoms with Crippen LogP contribution in [-0.4, -0.2) is 38.9 Å². The molecule has 0 aliphatic carbocycles. The molecule has 0 spiro atoms. The summed E-state index contributed by atoms with van der Waals surface area (Å²) in [7, 11) is -4.31. The second kappa shape index (κ2) is 7.37. The Bertz CT molecular complexity index is 669. The molecular weight excluding hydrogens is 348 g/mol. The zero-order valence-electron chi connectivity index (χ0n) is 13.2. The molecule has 9 heteroatoms. The van der Waals surface area contributed by atoms with Crippen molar-refractivity contribution < 1.29 is 26.0 Å². The van der Waals surface area contributed by atoms with Gasteiger partial charge in [0.05, 0.1) is 10.5 Å². The number of hydrogen-bond acceptors (Lipinski definition) is 3. The van der Waals surface area contributed by atoms with Crippen LogP contribution in [0.3, 0.4) is 0 Å². The Balaban J connectivity index is 2.23. The van der Waals surface area contributed by atoms with Crippen LogP contribution in [-0.2, 0) is 16.2 Å². The molecule has 0 amide bonds. The van der Waals surface area contributed by atoms with Gasteiger partial charge in [0.15, 0.2) is 0 Å². The van der Waals surface area contributed by atoms with Gasteiger partial charge in [-0.1, -0.05) is 6.92 Å². The van der Waals surface area contributed by atoms with Crippen molar-refractivity contribution in [3.63, 3.8) is 0 Å². The molecule has 1 aliphatic heterocycles. The van der Waals surface area contributed by atoms with Crippen molar-refractivity contribution in [2.45, 2.75) is 30.8 Å². The molecule has 1 N–H and O–H groups in total. The van der Waals surface area contributed by atoms with Gasteiger partial charge >= 0.3 is 6.18 Å². The van der Waals surface area contributed by atoms with Crippen LogP contribution in [0, 0.1) is 11.7 Å². The van der Waals surface area contributed by atoms with Gasteiger partial charge in [0, 0.05) is 13.1 Å². The van der Waals surface area contributed by atoms with E-state index in [2.05, 4.69) is 5.32 Å². The predicted octanol–water partition coefficient (Wildman–Crippen LogP) is 2.85. The molecule has 4 nitrogen and oxygen atoms in total. The van der Waals surface area contributed by atoms with Crippen LogP contribution >= 0.6 is 0 Å². The van der Waals surface area contributed by atoms with Gasteiger partial charge in [0.25, 0.3) is 0 Å². The number of sulfonamides is 1. The van der Waals surface area contributed by atoms with Crippen LogP contribution in [0.15, 0.2) is 23.1 Å². The van der Waals surface area contributed by atoms with Crippen LogP contribution in [0.1, 0.15) is 25.3 Å². The van der Waals surface area contributed by atoms with Gasteiger partial charge in [-0.2, -0.15) is 17.5 Å². The minimum Gasteiger partial charge on any atom is -0.317 e. The van der Waals surface area contributed by atoms with E-state index in [0.29, 0.717) is 24.8 Å². The van der Waals surface area contributed by atoms with E-state index in [1.54, 1.807) is 0 Å². The van der Waals surface area contributed by atoms with Gasteiger partial charge in [-0.05, 0) is 50.0 Å². The molecule has 0 aromatic heterocycles. The first kappa shape index (κ1) is 19.1. The van der Waals surface area contributed by atoms with Gasteiger partial charge in [-0.3, -0.25) is 0 Å². The summed E-state index contributed by atoms with van der Waals surface area (Å²) < 4.78 is 78.6. The minimum absolute atomic E-state index is 0.160. The van der Waals surface area contributed by atoms with Crippen molar-refractivity contribution in [3.8, 4) is 0 Å². The van der Waals surface area contributed by atoms with E-state index in [1.807, 2.05) is 6.92 Å². The largest absolute Gasteiger partial charge is 0.417 e. The van der Waals surface area contributed by atoms with Crippen molar-refractivity contribution in [2.24, 2.45) is 5.92 Å². The fourth-order valence-corrected chi connectivity index (χ4v) is 4.45. The Morgan fingerprint density at radius 3 is 2.42 bits per heavy atom. The topological polar surface area (TPSA) is 49.4 Å². The summed E-state index contributed by atoms with van der Waals surface area (Å²) in [6, 6.07) is 1.66. The molecule has 0 unspecified atom stereocenters. The third-order valence-electron chi connectivity index (χ3n) is 4.12. The van der Waals surface area contributed by atoms with Crippen molar-refractivity contribution in [2.75, 3.05) is 26.2 Å². The highest BCUT2D eigenvalue weighted by Crippen LogP contribution is 2.36. The molecule has 2 rings (SSSR count). The molecule has 1 heterocycles. The number of benzene rings is 1. The Morgan fingerprint density at radius 1 is 1.25 bits per heavy atom. The Labute approximate surface area is 138 Å². The highest BCUT2D eigenvalue weighted by molar-refractivity contribution is 7.89. The Morgan fingerprint density at radius 2 is 1.88 bits per heavy atom. The number of nitrogens with zero attached hydrogens (tertiary/aromatic N) is 1. The molecular formula is C15H20F4N2O2S. The second-order valence-corrected chi connectivity index (χ2v) is 7.70. The Kier molecular flexibility index (Phi) is 5.87. The third-order valence-corrected chi connectivity index (χ3v) is 6.08. The normalized spacial score (nSPS) is 18.0. The van der Waals surface area contributed by atoms with Crippen LogP contribution in [0.25, 0.3) is 0 Å². The first-order valence-electron chi connectivity index (χ1n) is 7.74. The standard InChI is InChI=1S/C15H20F4N2O2S/c1-2-20-10-11-5-7-21(8-6-11)24(22,23)14-4-3-12(16)9-13(14)15(17,18)19/h3-4,9,11,20H,2,5-8,10H2,1H3. The number of alkyl halides is 3. The monoisotopic (exact) mass is 368 g/mol. The minimum atomic E-state index is -4.94. The summed E-state index contributed by atoms with van der Waals surface area (Å²) in [6.07, 6.45) is -3.78. The van der Waals surface area contributed by atoms with E-state index in [0.717, 1.165) is 23.5 Å². The summed E-state index contributed by atoms with van der Waals surface area (Å²) in [5.41, 5.74) is -1.46. The van der Waals surface area contributed by atoms with Crippen LogP contribution in [0.5, 0.6) is 0 Å². The summed E-state index contributed by atoms with van der Waals surface area (Å²) in [6.45, 7) is 3.85.